The predicted molar refractivity (Wildman–Crippen MR) is 111 cm³/mol. The highest BCUT2D eigenvalue weighted by molar-refractivity contribution is 6.30. The Morgan fingerprint density at radius 2 is 2.07 bits per heavy atom. The molecule has 4 rings (SSSR count). The number of carbonyl (C=O) groups excluding carboxylic acids is 1. The van der Waals surface area contributed by atoms with Crippen molar-refractivity contribution < 1.29 is 9.53 Å². The van der Waals surface area contributed by atoms with E-state index in [4.69, 9.17) is 22.1 Å². The number of nitrogen functional groups attached to an aromatic ring is 1. The summed E-state index contributed by atoms with van der Waals surface area (Å²) < 4.78 is 5.12. The first kappa shape index (κ1) is 19.8. The van der Waals surface area contributed by atoms with Crippen LogP contribution in [0.25, 0.3) is 0 Å². The molecule has 9 heteroatoms. The molecular formula is C20H25ClN6O2. The van der Waals surface area contributed by atoms with Gasteiger partial charge in [0.25, 0.3) is 0 Å². The Bertz CT molecular complexity index is 962. The average molecular weight is 417 g/mol. The third kappa shape index (κ3) is 3.86. The number of anilines is 2. The molecule has 2 aromatic rings. The first-order valence-electron chi connectivity index (χ1n) is 9.70. The number of aromatic nitrogens is 3. The van der Waals surface area contributed by atoms with Gasteiger partial charge < -0.3 is 20.7 Å². The van der Waals surface area contributed by atoms with Crippen molar-refractivity contribution in [3.8, 4) is 0 Å². The number of carbonyl (C=O) groups is 1. The maximum Gasteiger partial charge on any atom is 0.223 e. The summed E-state index contributed by atoms with van der Waals surface area (Å²) in [4.78, 5) is 27.7. The number of nitrogens with one attached hydrogen (secondary N) is 1. The van der Waals surface area contributed by atoms with E-state index in [-0.39, 0.29) is 23.8 Å². The van der Waals surface area contributed by atoms with Crippen LogP contribution in [0.3, 0.4) is 0 Å². The second-order valence-electron chi connectivity index (χ2n) is 7.81. The van der Waals surface area contributed by atoms with Crippen LogP contribution in [0.4, 0.5) is 11.8 Å². The van der Waals surface area contributed by atoms with Crippen molar-refractivity contribution in [3.05, 3.63) is 39.3 Å². The number of rotatable bonds is 5. The number of hydrogen-bond donors (Lipinski definition) is 2. The molecule has 0 radical (unpaired) electrons. The summed E-state index contributed by atoms with van der Waals surface area (Å²) in [5, 5.41) is 3.31. The van der Waals surface area contributed by atoms with Gasteiger partial charge >= 0.3 is 0 Å². The first-order valence-corrected chi connectivity index (χ1v) is 10.1. The number of pyridine rings is 1. The van der Waals surface area contributed by atoms with Crippen LogP contribution in [0.5, 0.6) is 0 Å². The van der Waals surface area contributed by atoms with E-state index in [1.165, 1.54) is 11.1 Å². The molecule has 4 heterocycles. The van der Waals surface area contributed by atoms with E-state index < -0.39 is 0 Å². The number of nitrogens with two attached hydrogens (primary N) is 1. The van der Waals surface area contributed by atoms with Gasteiger partial charge in [0.1, 0.15) is 11.0 Å². The van der Waals surface area contributed by atoms with E-state index in [1.807, 2.05) is 13.1 Å². The van der Waals surface area contributed by atoms with Crippen LogP contribution in [0.1, 0.15) is 40.3 Å². The highest BCUT2D eigenvalue weighted by Gasteiger charge is 2.35. The molecule has 1 fully saturated rings. The average Bonchev–Trinajstić information content (AvgIpc) is 2.96. The van der Waals surface area contributed by atoms with Gasteiger partial charge in [-0.25, -0.2) is 4.98 Å². The Hall–Kier alpha value is -2.45. The Morgan fingerprint density at radius 3 is 2.76 bits per heavy atom. The number of nitrogens with zero attached hydrogens (tertiary/aromatic N) is 4. The van der Waals surface area contributed by atoms with Gasteiger partial charge in [0.2, 0.25) is 11.9 Å². The van der Waals surface area contributed by atoms with Crippen molar-refractivity contribution in [2.24, 2.45) is 0 Å². The molecule has 154 valence electrons. The van der Waals surface area contributed by atoms with Gasteiger partial charge in [-0.15, -0.1) is 0 Å². The first-order chi connectivity index (χ1) is 13.8. The lowest BCUT2D eigenvalue weighted by Gasteiger charge is -2.27. The molecule has 0 aliphatic carbocycles. The number of hydrogen-bond acceptors (Lipinski definition) is 7. The number of ether oxygens (including phenoxy) is 1. The summed E-state index contributed by atoms with van der Waals surface area (Å²) >= 11 is 6.42. The fraction of sp³-hybridized carbons (Fsp3) is 0.500. The zero-order chi connectivity index (χ0) is 20.7. The lowest BCUT2D eigenvalue weighted by Crippen LogP contribution is -2.48. The molecule has 0 bridgehead atoms. The van der Waals surface area contributed by atoms with Gasteiger partial charge in [-0.1, -0.05) is 11.6 Å². The van der Waals surface area contributed by atoms with E-state index in [2.05, 4.69) is 39.0 Å². The smallest absolute Gasteiger partial charge is 0.223 e. The van der Waals surface area contributed by atoms with Crippen molar-refractivity contribution >= 4 is 29.3 Å². The minimum Gasteiger partial charge on any atom is -0.377 e. The monoisotopic (exact) mass is 416 g/mol. The van der Waals surface area contributed by atoms with Crippen LogP contribution in [0.2, 0.25) is 5.15 Å². The highest BCUT2D eigenvalue weighted by Crippen LogP contribution is 2.41. The molecule has 1 saturated heterocycles. The highest BCUT2D eigenvalue weighted by atomic mass is 35.5. The molecule has 8 nitrogen and oxygen atoms in total. The predicted octanol–water partition coefficient (Wildman–Crippen LogP) is 2.04. The quantitative estimate of drug-likeness (QED) is 0.718. The van der Waals surface area contributed by atoms with Crippen molar-refractivity contribution in [2.75, 3.05) is 30.4 Å². The molecule has 1 atom stereocenters. The Balaban J connectivity index is 1.59. The Morgan fingerprint density at radius 1 is 1.31 bits per heavy atom. The third-order valence-electron chi connectivity index (χ3n) is 5.84. The van der Waals surface area contributed by atoms with Gasteiger partial charge in [-0.3, -0.25) is 9.78 Å². The lowest BCUT2D eigenvalue weighted by atomic mass is 10.00. The standard InChI is InChI=1S/C20H25ClN6O2/c1-10-11(2)14(5-23-12(10)3)7-27-6-13(4-16(28)24-15-8-29-9-15)17-18(21)25-20(22)26-19(17)27/h5,13,15H,4,6-9H2,1-3H3,(H,24,28)(H2,22,25,26)/t13-/m0/s1. The molecule has 3 N–H and O–H groups in total. The van der Waals surface area contributed by atoms with Crippen molar-refractivity contribution in [1.29, 1.82) is 0 Å². The van der Waals surface area contributed by atoms with E-state index in [0.717, 1.165) is 16.8 Å². The fourth-order valence-corrected chi connectivity index (χ4v) is 4.19. The maximum atomic E-state index is 12.5. The van der Waals surface area contributed by atoms with Gasteiger partial charge in [0, 0.05) is 42.9 Å². The second-order valence-corrected chi connectivity index (χ2v) is 8.17. The normalized spacial score (nSPS) is 18.5. The Kier molecular flexibility index (Phi) is 5.31. The summed E-state index contributed by atoms with van der Waals surface area (Å²) in [6.07, 6.45) is 2.22. The van der Waals surface area contributed by atoms with E-state index in [9.17, 15) is 4.79 Å². The number of halogens is 1. The Labute approximate surface area is 174 Å². The topological polar surface area (TPSA) is 106 Å². The summed E-state index contributed by atoms with van der Waals surface area (Å²) in [7, 11) is 0. The third-order valence-corrected chi connectivity index (χ3v) is 6.13. The van der Waals surface area contributed by atoms with Crippen LogP contribution in [0, 0.1) is 20.8 Å². The molecule has 2 aromatic heterocycles. The van der Waals surface area contributed by atoms with E-state index >= 15 is 0 Å². The summed E-state index contributed by atoms with van der Waals surface area (Å²) in [6.45, 7) is 8.56. The van der Waals surface area contributed by atoms with E-state index in [1.54, 1.807) is 0 Å². The SMILES string of the molecule is Cc1ncc(CN2C[C@H](CC(=O)NC3COC3)c3c(Cl)nc(N)nc32)c(C)c1C. The number of aryl methyl sites for hydroxylation is 1. The molecular weight excluding hydrogens is 392 g/mol. The number of fused-ring (bicyclic) bond motifs is 1. The van der Waals surface area contributed by atoms with Gasteiger partial charge in [0.05, 0.1) is 19.3 Å². The van der Waals surface area contributed by atoms with Crippen LogP contribution < -0.4 is 16.0 Å². The summed E-state index contributed by atoms with van der Waals surface area (Å²) in [6, 6.07) is 0.0990. The van der Waals surface area contributed by atoms with Gasteiger partial charge in [-0.2, -0.15) is 4.98 Å². The van der Waals surface area contributed by atoms with Gasteiger partial charge in [-0.05, 0) is 37.5 Å². The molecule has 2 aliphatic rings. The lowest BCUT2D eigenvalue weighted by molar-refractivity contribution is -0.125. The molecule has 2 aliphatic heterocycles. The zero-order valence-electron chi connectivity index (χ0n) is 16.8. The van der Waals surface area contributed by atoms with Crippen molar-refractivity contribution in [2.45, 2.75) is 45.7 Å². The van der Waals surface area contributed by atoms with Crippen LogP contribution >= 0.6 is 11.6 Å². The maximum absolute atomic E-state index is 12.5. The molecule has 1 amide bonds. The van der Waals surface area contributed by atoms with Crippen molar-refractivity contribution in [1.82, 2.24) is 20.3 Å². The van der Waals surface area contributed by atoms with Crippen molar-refractivity contribution in [3.63, 3.8) is 0 Å². The zero-order valence-corrected chi connectivity index (χ0v) is 17.6. The second kappa shape index (κ2) is 7.76. The fourth-order valence-electron chi connectivity index (χ4n) is 3.86. The largest absolute Gasteiger partial charge is 0.377 e. The number of amides is 1. The van der Waals surface area contributed by atoms with Crippen LogP contribution in [0.15, 0.2) is 6.20 Å². The molecule has 29 heavy (non-hydrogen) atoms. The van der Waals surface area contributed by atoms with E-state index in [0.29, 0.717) is 43.7 Å². The minimum atomic E-state index is -0.0982. The molecule has 0 spiro atoms. The van der Waals surface area contributed by atoms with Gasteiger partial charge in [0.15, 0.2) is 0 Å². The summed E-state index contributed by atoms with van der Waals surface area (Å²) in [5.41, 5.74) is 11.2. The molecule has 0 saturated carbocycles. The minimum absolute atomic E-state index is 0.0204. The summed E-state index contributed by atoms with van der Waals surface area (Å²) in [5.74, 6) is 0.710. The molecule has 0 unspecified atom stereocenters. The molecule has 0 aromatic carbocycles. The van der Waals surface area contributed by atoms with Crippen LogP contribution in [-0.2, 0) is 16.1 Å². The van der Waals surface area contributed by atoms with Crippen LogP contribution in [-0.4, -0.2) is 46.7 Å².